The first-order valence-electron chi connectivity index (χ1n) is 29.9. The second-order valence-corrected chi connectivity index (χ2v) is 19.3. The summed E-state index contributed by atoms with van der Waals surface area (Å²) in [6.07, 6.45) is 21.7. The van der Waals surface area contributed by atoms with Crippen molar-refractivity contribution in [2.24, 2.45) is 0 Å². The molecule has 1 heterocycles. The van der Waals surface area contributed by atoms with Crippen LogP contribution >= 0.6 is 0 Å². The van der Waals surface area contributed by atoms with Crippen LogP contribution in [0.4, 0.5) is 0 Å². The van der Waals surface area contributed by atoms with E-state index in [9.17, 15) is 28.8 Å². The predicted octanol–water partition coefficient (Wildman–Crippen LogP) is 1.88. The van der Waals surface area contributed by atoms with E-state index >= 15 is 0 Å². The first-order chi connectivity index (χ1) is 40.8. The molecule has 3 aliphatic rings. The molecule has 83 heavy (non-hydrogen) atoms. The minimum Gasteiger partial charge on any atom is -0.379 e. The third kappa shape index (κ3) is 43.0. The van der Waals surface area contributed by atoms with Crippen molar-refractivity contribution in [1.82, 2.24) is 25.8 Å². The maximum Gasteiger partial charge on any atom is 0.253 e. The van der Waals surface area contributed by atoms with Gasteiger partial charge in [-0.2, -0.15) is 0 Å². The van der Waals surface area contributed by atoms with Crippen LogP contribution in [-0.4, -0.2) is 268 Å². The van der Waals surface area contributed by atoms with Gasteiger partial charge in [0, 0.05) is 57.8 Å². The van der Waals surface area contributed by atoms with Gasteiger partial charge in [-0.25, -0.2) is 0 Å². The highest BCUT2D eigenvalue weighted by Gasteiger charge is 2.23. The van der Waals surface area contributed by atoms with Crippen LogP contribution in [0.1, 0.15) is 77.0 Å². The number of rotatable bonds is 54. The van der Waals surface area contributed by atoms with E-state index in [0.717, 1.165) is 69.1 Å². The Bertz CT molecular complexity index is 1690. The summed E-state index contributed by atoms with van der Waals surface area (Å²) in [6.45, 7) is 10.5. The zero-order valence-electron chi connectivity index (χ0n) is 49.3. The molecule has 25 heteroatoms. The fourth-order valence-electron chi connectivity index (χ4n) is 8.13. The van der Waals surface area contributed by atoms with Crippen LogP contribution < -0.4 is 16.0 Å². The second kappa shape index (κ2) is 53.2. The van der Waals surface area contributed by atoms with Gasteiger partial charge in [-0.15, -0.1) is 0 Å². The van der Waals surface area contributed by atoms with Crippen molar-refractivity contribution in [2.45, 2.75) is 89.3 Å². The van der Waals surface area contributed by atoms with Gasteiger partial charge in [0.25, 0.3) is 11.8 Å². The van der Waals surface area contributed by atoms with Gasteiger partial charge < -0.3 is 87.2 Å². The minimum absolute atomic E-state index is 0.0311. The van der Waals surface area contributed by atoms with Crippen molar-refractivity contribution in [3.63, 3.8) is 0 Å². The maximum absolute atomic E-state index is 13.2. The van der Waals surface area contributed by atoms with Crippen LogP contribution in [0.15, 0.2) is 36.5 Å². The van der Waals surface area contributed by atoms with Crippen molar-refractivity contribution in [1.29, 1.82) is 0 Å². The lowest BCUT2D eigenvalue weighted by Crippen LogP contribution is -2.37. The Morgan fingerprint density at radius 2 is 0.723 bits per heavy atom. The first-order valence-corrected chi connectivity index (χ1v) is 29.9. The predicted molar refractivity (Wildman–Crippen MR) is 304 cm³/mol. The number of ether oxygens (including phenoxy) is 14. The van der Waals surface area contributed by atoms with Gasteiger partial charge in [0.1, 0.15) is 13.2 Å². The maximum atomic E-state index is 13.2. The number of carbonyl (C=O) groups is 6. The van der Waals surface area contributed by atoms with E-state index < -0.39 is 11.8 Å². The van der Waals surface area contributed by atoms with Crippen LogP contribution in [-0.2, 0) is 95.1 Å². The summed E-state index contributed by atoms with van der Waals surface area (Å²) in [5.74, 6) is -1.48. The molecule has 0 bridgehead atoms. The Labute approximate surface area is 491 Å². The molecule has 0 spiro atoms. The number of nitrogens with one attached hydrogen (secondary N) is 3. The van der Waals surface area contributed by atoms with Gasteiger partial charge in [-0.05, 0) is 64.2 Å². The van der Waals surface area contributed by atoms with Gasteiger partial charge in [0.2, 0.25) is 23.6 Å². The number of hydrogen-bond acceptors (Lipinski definition) is 20. The molecule has 1 aliphatic heterocycles. The third-order valence-electron chi connectivity index (χ3n) is 12.7. The van der Waals surface area contributed by atoms with E-state index in [1.165, 1.54) is 12.2 Å². The summed E-state index contributed by atoms with van der Waals surface area (Å²) in [6, 6.07) is 0. The molecule has 0 radical (unpaired) electrons. The standard InChI is InChI=1S/C58H99N5O20/c64-53(17-22-63-57(68)15-16-58(63)69)59-19-26-71-32-40-79-44-46-81-48-47-80-45-43-76-37-31-70-25-18-56(67)62(23-29-74-35-41-77-38-33-72-27-20-60-54(65)49-82-51-11-7-3-1-4-8-12-51)24-30-75-36-42-78-39-34-73-28-21-61-55(66)50-83-52-13-9-5-2-6-10-14-52/h1-3,5,15-16,51-52H,4,6-14,17-50H2,(H,59,64)(H,60,65)(H,61,66)/b3-1-,5-2-. The van der Waals surface area contributed by atoms with Crippen LogP contribution in [0.25, 0.3) is 0 Å². The van der Waals surface area contributed by atoms with Crippen LogP contribution in [0.3, 0.4) is 0 Å². The molecule has 0 aromatic carbocycles. The number of amides is 6. The molecule has 0 saturated carbocycles. The normalized spacial score (nSPS) is 17.2. The summed E-state index contributed by atoms with van der Waals surface area (Å²) in [4.78, 5) is 75.3. The van der Waals surface area contributed by atoms with E-state index in [-0.39, 0.29) is 75.0 Å². The molecular weight excluding hydrogens is 1090 g/mol. The number of carbonyl (C=O) groups excluding carboxylic acids is 6. The van der Waals surface area contributed by atoms with Crippen molar-refractivity contribution < 1.29 is 95.1 Å². The molecule has 2 atom stereocenters. The van der Waals surface area contributed by atoms with Crippen LogP contribution in [0.2, 0.25) is 0 Å². The molecule has 0 saturated heterocycles. The number of nitrogens with zero attached hydrogens (tertiary/aromatic N) is 2. The monoisotopic (exact) mass is 1190 g/mol. The molecule has 0 aromatic heterocycles. The highest BCUT2D eigenvalue weighted by atomic mass is 16.6. The highest BCUT2D eigenvalue weighted by molar-refractivity contribution is 6.13. The van der Waals surface area contributed by atoms with Gasteiger partial charge in [0.05, 0.1) is 177 Å². The Kier molecular flexibility index (Phi) is 46.7. The molecule has 3 N–H and O–H groups in total. The van der Waals surface area contributed by atoms with Crippen molar-refractivity contribution in [2.75, 3.05) is 211 Å². The largest absolute Gasteiger partial charge is 0.379 e. The first kappa shape index (κ1) is 72.9. The molecule has 0 fully saturated rings. The van der Waals surface area contributed by atoms with E-state index in [4.69, 9.17) is 66.3 Å². The Hall–Kier alpha value is -4.32. The summed E-state index contributed by atoms with van der Waals surface area (Å²) >= 11 is 0. The minimum atomic E-state index is -0.411. The van der Waals surface area contributed by atoms with Crippen LogP contribution in [0, 0.1) is 0 Å². The SMILES string of the molecule is O=C(CCN1C(=O)C=CC1=O)NCCOCCOCCOCCOCCOCCOCCC(=O)N(CCOCCOCCOCCNC(=O)COC1CC/C=C\CCC1)CCOCCOCCOCCNC(=O)COC1CC/C=C\CCC1. The molecule has 6 amide bonds. The Morgan fingerprint density at radius 3 is 1.11 bits per heavy atom. The van der Waals surface area contributed by atoms with Gasteiger partial charge in [-0.3, -0.25) is 33.7 Å². The zero-order valence-corrected chi connectivity index (χ0v) is 49.3. The molecule has 3 rings (SSSR count). The highest BCUT2D eigenvalue weighted by Crippen LogP contribution is 2.16. The van der Waals surface area contributed by atoms with Gasteiger partial charge in [0.15, 0.2) is 0 Å². The Balaban J connectivity index is 1.14. The van der Waals surface area contributed by atoms with Crippen LogP contribution in [0.5, 0.6) is 0 Å². The smallest absolute Gasteiger partial charge is 0.253 e. The fraction of sp³-hybridized carbons (Fsp3) is 0.793. The second-order valence-electron chi connectivity index (χ2n) is 19.3. The average molecular weight is 1190 g/mol. The molecular formula is C58H99N5O20. The molecule has 25 nitrogen and oxygen atoms in total. The van der Waals surface area contributed by atoms with Gasteiger partial charge in [-0.1, -0.05) is 24.3 Å². The molecule has 2 unspecified atom stereocenters. The average Bonchev–Trinajstić information content (AvgIpc) is 3.79. The zero-order chi connectivity index (χ0) is 59.1. The molecule has 2 aliphatic carbocycles. The molecule has 0 aromatic rings. The lowest BCUT2D eigenvalue weighted by molar-refractivity contribution is -0.137. The Morgan fingerprint density at radius 1 is 0.398 bits per heavy atom. The number of imide groups is 1. The van der Waals surface area contributed by atoms with Crippen molar-refractivity contribution in [3.05, 3.63) is 36.5 Å². The van der Waals surface area contributed by atoms with Gasteiger partial charge >= 0.3 is 0 Å². The number of allylic oxidation sites excluding steroid dienone is 4. The summed E-state index contributed by atoms with van der Waals surface area (Å²) < 4.78 is 78.8. The summed E-state index contributed by atoms with van der Waals surface area (Å²) in [5, 5.41) is 8.34. The quantitative estimate of drug-likeness (QED) is 0.0446. The topological polar surface area (TPSA) is 274 Å². The molecule has 476 valence electrons. The lowest BCUT2D eigenvalue weighted by atomic mass is 10.0. The summed E-state index contributed by atoms with van der Waals surface area (Å²) in [7, 11) is 0. The summed E-state index contributed by atoms with van der Waals surface area (Å²) in [5.41, 5.74) is 0. The van der Waals surface area contributed by atoms with Crippen molar-refractivity contribution >= 4 is 35.4 Å². The lowest BCUT2D eigenvalue weighted by Gasteiger charge is -2.23. The van der Waals surface area contributed by atoms with Crippen molar-refractivity contribution in [3.8, 4) is 0 Å². The number of hydrogen-bond donors (Lipinski definition) is 3. The third-order valence-corrected chi connectivity index (χ3v) is 12.7. The van der Waals surface area contributed by atoms with E-state index in [2.05, 4.69) is 40.3 Å². The van der Waals surface area contributed by atoms with E-state index in [1.54, 1.807) is 4.90 Å². The van der Waals surface area contributed by atoms with E-state index in [1.807, 2.05) is 0 Å². The van der Waals surface area contributed by atoms with E-state index in [0.29, 0.717) is 185 Å². The fourth-order valence-corrected chi connectivity index (χ4v) is 8.13.